The van der Waals surface area contributed by atoms with Crippen molar-refractivity contribution in [1.82, 2.24) is 9.80 Å². The van der Waals surface area contributed by atoms with Gasteiger partial charge in [0.2, 0.25) is 5.91 Å². The van der Waals surface area contributed by atoms with Crippen LogP contribution < -0.4 is 4.90 Å². The largest absolute Gasteiger partial charge is 0.444 e. The molecule has 1 saturated heterocycles. The maximum absolute atomic E-state index is 12.3. The summed E-state index contributed by atoms with van der Waals surface area (Å²) in [6.45, 7) is 12.5. The number of benzene rings is 1. The van der Waals surface area contributed by atoms with Gasteiger partial charge in [0.15, 0.2) is 0 Å². The zero-order valence-electron chi connectivity index (χ0n) is 17.8. The second-order valence-electron chi connectivity index (χ2n) is 8.38. The first-order valence-electron chi connectivity index (χ1n) is 9.71. The lowest BCUT2D eigenvalue weighted by atomic mass is 10.0. The van der Waals surface area contributed by atoms with Gasteiger partial charge in [0, 0.05) is 57.4 Å². The highest BCUT2D eigenvalue weighted by molar-refractivity contribution is 6.31. The highest BCUT2D eigenvalue weighted by Crippen LogP contribution is 2.29. The molecule has 1 heterocycles. The average molecular weight is 410 g/mol. The van der Waals surface area contributed by atoms with Gasteiger partial charge in [-0.05, 0) is 51.3 Å². The molecule has 1 aliphatic heterocycles. The summed E-state index contributed by atoms with van der Waals surface area (Å²) in [4.78, 5) is 29.5. The number of piperazine rings is 1. The molecule has 6 nitrogen and oxygen atoms in total. The van der Waals surface area contributed by atoms with Crippen LogP contribution >= 0.6 is 11.6 Å². The summed E-state index contributed by atoms with van der Waals surface area (Å²) >= 11 is 6.39. The van der Waals surface area contributed by atoms with E-state index in [0.29, 0.717) is 32.7 Å². The van der Waals surface area contributed by atoms with Gasteiger partial charge < -0.3 is 19.4 Å². The zero-order chi connectivity index (χ0) is 21.1. The van der Waals surface area contributed by atoms with E-state index in [-0.39, 0.29) is 12.0 Å². The Morgan fingerprint density at radius 1 is 1.18 bits per heavy atom. The molecular formula is C21H32ClN3O3. The minimum Gasteiger partial charge on any atom is -0.444 e. The molecule has 1 aromatic carbocycles. The number of halogens is 1. The third-order valence-electron chi connectivity index (χ3n) is 4.89. The van der Waals surface area contributed by atoms with Gasteiger partial charge in [0.05, 0.1) is 0 Å². The first-order chi connectivity index (χ1) is 13.0. The summed E-state index contributed by atoms with van der Waals surface area (Å²) < 4.78 is 5.47. The molecule has 0 aromatic heterocycles. The van der Waals surface area contributed by atoms with Crippen LogP contribution in [0.1, 0.15) is 38.8 Å². The molecule has 156 valence electrons. The summed E-state index contributed by atoms with van der Waals surface area (Å²) in [6.07, 6.45) is 0.493. The summed E-state index contributed by atoms with van der Waals surface area (Å²) in [5.41, 5.74) is 2.78. The van der Waals surface area contributed by atoms with Gasteiger partial charge in [-0.25, -0.2) is 4.79 Å². The number of anilines is 1. The Balaban J connectivity index is 2.09. The first-order valence-corrected chi connectivity index (χ1v) is 10.1. The lowest BCUT2D eigenvalue weighted by Crippen LogP contribution is -2.50. The van der Waals surface area contributed by atoms with E-state index in [0.717, 1.165) is 22.7 Å². The van der Waals surface area contributed by atoms with E-state index in [4.69, 9.17) is 16.3 Å². The van der Waals surface area contributed by atoms with Crippen LogP contribution in [0.4, 0.5) is 10.5 Å². The molecule has 1 fully saturated rings. The standard InChI is InChI=1S/C21H32ClN3O3/c1-15-13-17(7-8-23(6)16(2)26)19(14-18(15)22)24-9-11-25(12-10-24)20(27)28-21(3,4)5/h13-14H,7-12H2,1-6H3. The van der Waals surface area contributed by atoms with Crippen molar-refractivity contribution in [2.75, 3.05) is 44.7 Å². The predicted molar refractivity (Wildman–Crippen MR) is 113 cm³/mol. The Labute approximate surface area is 173 Å². The van der Waals surface area contributed by atoms with Crippen molar-refractivity contribution in [1.29, 1.82) is 0 Å². The van der Waals surface area contributed by atoms with Crippen LogP contribution in [-0.4, -0.2) is 67.2 Å². The van der Waals surface area contributed by atoms with Crippen molar-refractivity contribution >= 4 is 29.3 Å². The van der Waals surface area contributed by atoms with Gasteiger partial charge in [-0.2, -0.15) is 0 Å². The minimum atomic E-state index is -0.491. The first kappa shape index (κ1) is 22.3. The molecule has 2 rings (SSSR count). The predicted octanol–water partition coefficient (Wildman–Crippen LogP) is 3.73. The second kappa shape index (κ2) is 9.03. The summed E-state index contributed by atoms with van der Waals surface area (Å²) in [5, 5.41) is 0.730. The second-order valence-corrected chi connectivity index (χ2v) is 8.78. The Kier molecular flexibility index (Phi) is 7.21. The van der Waals surface area contributed by atoms with Crippen LogP contribution in [0.3, 0.4) is 0 Å². The van der Waals surface area contributed by atoms with Gasteiger partial charge in [-0.3, -0.25) is 4.79 Å². The summed E-state index contributed by atoms with van der Waals surface area (Å²) in [5.74, 6) is 0.0539. The van der Waals surface area contributed by atoms with Crippen LogP contribution in [0.2, 0.25) is 5.02 Å². The lowest BCUT2D eigenvalue weighted by molar-refractivity contribution is -0.127. The molecule has 0 atom stereocenters. The topological polar surface area (TPSA) is 53.1 Å². The van der Waals surface area contributed by atoms with E-state index in [9.17, 15) is 9.59 Å². The summed E-state index contributed by atoms with van der Waals surface area (Å²) in [6, 6.07) is 4.11. The normalized spacial score (nSPS) is 14.8. The lowest BCUT2D eigenvalue weighted by Gasteiger charge is -2.37. The van der Waals surface area contributed by atoms with Gasteiger partial charge in [-0.15, -0.1) is 0 Å². The summed E-state index contributed by atoms with van der Waals surface area (Å²) in [7, 11) is 1.81. The number of nitrogens with zero attached hydrogens (tertiary/aromatic N) is 3. The molecule has 0 N–H and O–H groups in total. The quantitative estimate of drug-likeness (QED) is 0.760. The number of carbonyl (C=O) groups excluding carboxylic acids is 2. The van der Waals surface area contributed by atoms with Crippen molar-refractivity contribution in [2.24, 2.45) is 0 Å². The van der Waals surface area contributed by atoms with Gasteiger partial charge in [0.25, 0.3) is 0 Å². The van der Waals surface area contributed by atoms with E-state index in [1.807, 2.05) is 40.8 Å². The van der Waals surface area contributed by atoms with Gasteiger partial charge in [0.1, 0.15) is 5.60 Å². The maximum Gasteiger partial charge on any atom is 0.410 e. The maximum atomic E-state index is 12.3. The van der Waals surface area contributed by atoms with Crippen LogP contribution in [0.5, 0.6) is 0 Å². The average Bonchev–Trinajstić information content (AvgIpc) is 2.60. The minimum absolute atomic E-state index is 0.0539. The number of hydrogen-bond acceptors (Lipinski definition) is 4. The molecule has 0 bridgehead atoms. The number of carbonyl (C=O) groups is 2. The smallest absolute Gasteiger partial charge is 0.410 e. The van der Waals surface area contributed by atoms with Crippen molar-refractivity contribution in [2.45, 2.75) is 46.6 Å². The Bertz CT molecular complexity index is 722. The van der Waals surface area contributed by atoms with Crippen LogP contribution in [0, 0.1) is 6.92 Å². The van der Waals surface area contributed by atoms with Crippen LogP contribution in [-0.2, 0) is 16.0 Å². The van der Waals surface area contributed by atoms with E-state index in [2.05, 4.69) is 11.0 Å². The number of hydrogen-bond donors (Lipinski definition) is 0. The fourth-order valence-electron chi connectivity index (χ4n) is 3.13. The molecule has 28 heavy (non-hydrogen) atoms. The number of ether oxygens (including phenoxy) is 1. The number of aryl methyl sites for hydroxylation is 1. The third-order valence-corrected chi connectivity index (χ3v) is 5.29. The van der Waals surface area contributed by atoms with Crippen molar-refractivity contribution in [3.05, 3.63) is 28.3 Å². The molecule has 1 aromatic rings. The van der Waals surface area contributed by atoms with Crippen LogP contribution in [0.25, 0.3) is 0 Å². The van der Waals surface area contributed by atoms with E-state index in [1.54, 1.807) is 16.7 Å². The highest BCUT2D eigenvalue weighted by atomic mass is 35.5. The number of likely N-dealkylation sites (N-methyl/N-ethyl adjacent to an activating group) is 1. The Hall–Kier alpha value is -1.95. The molecule has 0 unspecified atom stereocenters. The zero-order valence-corrected chi connectivity index (χ0v) is 18.6. The molecule has 0 radical (unpaired) electrons. The third kappa shape index (κ3) is 6.03. The van der Waals surface area contributed by atoms with Crippen LogP contribution in [0.15, 0.2) is 12.1 Å². The molecule has 1 aliphatic rings. The van der Waals surface area contributed by atoms with Crippen molar-refractivity contribution in [3.8, 4) is 0 Å². The number of amides is 2. The molecular weight excluding hydrogens is 378 g/mol. The monoisotopic (exact) mass is 409 g/mol. The molecule has 0 aliphatic carbocycles. The molecule has 2 amide bonds. The molecule has 0 saturated carbocycles. The van der Waals surface area contributed by atoms with Crippen molar-refractivity contribution < 1.29 is 14.3 Å². The van der Waals surface area contributed by atoms with Crippen molar-refractivity contribution in [3.63, 3.8) is 0 Å². The van der Waals surface area contributed by atoms with E-state index in [1.165, 1.54) is 5.56 Å². The van der Waals surface area contributed by atoms with E-state index >= 15 is 0 Å². The van der Waals surface area contributed by atoms with Gasteiger partial charge >= 0.3 is 6.09 Å². The Morgan fingerprint density at radius 2 is 1.79 bits per heavy atom. The van der Waals surface area contributed by atoms with E-state index < -0.39 is 5.60 Å². The SMILES string of the molecule is CC(=O)N(C)CCc1cc(C)c(Cl)cc1N1CCN(C(=O)OC(C)(C)C)CC1. The number of rotatable bonds is 4. The fourth-order valence-corrected chi connectivity index (χ4v) is 3.29. The van der Waals surface area contributed by atoms with Gasteiger partial charge in [-0.1, -0.05) is 17.7 Å². The highest BCUT2D eigenvalue weighted by Gasteiger charge is 2.27. The fraction of sp³-hybridized carbons (Fsp3) is 0.619. The molecule has 0 spiro atoms. The Morgan fingerprint density at radius 3 is 2.32 bits per heavy atom. The molecule has 7 heteroatoms.